The fourth-order valence-electron chi connectivity index (χ4n) is 0.725. The van der Waals surface area contributed by atoms with Crippen LogP contribution in [0.4, 0.5) is 0 Å². The van der Waals surface area contributed by atoms with Gasteiger partial charge in [0.05, 0.1) is 6.10 Å². The van der Waals surface area contributed by atoms with Crippen LogP contribution in [0.15, 0.2) is 0 Å². The lowest BCUT2D eigenvalue weighted by atomic mass is 10.1. The van der Waals surface area contributed by atoms with Crippen molar-refractivity contribution in [2.24, 2.45) is 5.73 Å². The fraction of sp³-hybridized carbons (Fsp3) is 1.00. The predicted octanol–water partition coefficient (Wildman–Crippen LogP) is 0.838. The van der Waals surface area contributed by atoms with E-state index in [0.29, 0.717) is 0 Å². The minimum absolute atomic E-state index is 0.0350. The third-order valence-corrected chi connectivity index (χ3v) is 2.23. The minimum Gasteiger partial charge on any atom is -0.391 e. The second-order valence-electron chi connectivity index (χ2n) is 2.42. The van der Waals surface area contributed by atoms with Gasteiger partial charge >= 0.3 is 0 Å². The van der Waals surface area contributed by atoms with Crippen LogP contribution < -0.4 is 5.73 Å². The zero-order valence-electron chi connectivity index (χ0n) is 6.71. The smallest absolute Gasteiger partial charge is 0.0698 e. The number of nitrogens with two attached hydrogens (primary N) is 1. The van der Waals surface area contributed by atoms with E-state index in [-0.39, 0.29) is 12.1 Å². The van der Waals surface area contributed by atoms with Gasteiger partial charge in [-0.25, -0.2) is 0 Å². The molecule has 0 aromatic carbocycles. The number of rotatable bonds is 5. The van der Waals surface area contributed by atoms with Gasteiger partial charge in [0.25, 0.3) is 0 Å². The summed E-state index contributed by atoms with van der Waals surface area (Å²) in [5.41, 5.74) is 5.60. The van der Waals surface area contributed by atoms with Crippen LogP contribution in [0.2, 0.25) is 0 Å². The largest absolute Gasteiger partial charge is 0.391 e. The van der Waals surface area contributed by atoms with Gasteiger partial charge < -0.3 is 10.8 Å². The van der Waals surface area contributed by atoms with Crippen molar-refractivity contribution in [1.82, 2.24) is 0 Å². The second kappa shape index (κ2) is 6.01. The number of thioether (sulfide) groups is 1. The molecule has 0 spiro atoms. The van der Waals surface area contributed by atoms with Gasteiger partial charge in [-0.15, -0.1) is 0 Å². The van der Waals surface area contributed by atoms with Crippen molar-refractivity contribution in [2.45, 2.75) is 31.9 Å². The number of aliphatic hydroxyl groups is 1. The molecule has 0 radical (unpaired) electrons. The van der Waals surface area contributed by atoms with E-state index in [1.165, 1.54) is 0 Å². The lowest BCUT2D eigenvalue weighted by Gasteiger charge is -2.15. The average molecular weight is 163 g/mol. The summed E-state index contributed by atoms with van der Waals surface area (Å²) >= 11 is 1.74. The third-order valence-electron chi connectivity index (χ3n) is 1.58. The fourth-order valence-corrected chi connectivity index (χ4v) is 1.20. The van der Waals surface area contributed by atoms with Crippen molar-refractivity contribution in [3.63, 3.8) is 0 Å². The molecule has 2 unspecified atom stereocenters. The Labute approximate surface area is 67.2 Å². The Morgan fingerprint density at radius 3 is 2.60 bits per heavy atom. The molecule has 0 aliphatic heterocycles. The number of aliphatic hydroxyl groups excluding tert-OH is 1. The van der Waals surface area contributed by atoms with E-state index in [0.717, 1.165) is 18.6 Å². The lowest BCUT2D eigenvalue weighted by molar-refractivity contribution is 0.139. The summed E-state index contributed by atoms with van der Waals surface area (Å²) in [6, 6.07) is -0.0350. The highest BCUT2D eigenvalue weighted by Crippen LogP contribution is 2.04. The molecule has 0 aromatic heterocycles. The highest BCUT2D eigenvalue weighted by Gasteiger charge is 2.10. The normalized spacial score (nSPS) is 16.8. The molecular formula is C7H17NOS. The van der Waals surface area contributed by atoms with Crippen molar-refractivity contribution in [3.05, 3.63) is 0 Å². The molecule has 0 aliphatic rings. The van der Waals surface area contributed by atoms with Crippen molar-refractivity contribution < 1.29 is 5.11 Å². The summed E-state index contributed by atoms with van der Waals surface area (Å²) in [5, 5.41) is 9.31. The second-order valence-corrected chi connectivity index (χ2v) is 3.41. The van der Waals surface area contributed by atoms with Gasteiger partial charge in [-0.1, -0.05) is 6.92 Å². The summed E-state index contributed by atoms with van der Waals surface area (Å²) in [4.78, 5) is 0. The maximum Gasteiger partial charge on any atom is 0.0698 e. The molecule has 2 atom stereocenters. The predicted molar refractivity (Wildman–Crippen MR) is 47.3 cm³/mol. The molecule has 10 heavy (non-hydrogen) atoms. The van der Waals surface area contributed by atoms with Crippen LogP contribution in [0, 0.1) is 0 Å². The van der Waals surface area contributed by atoms with E-state index in [1.807, 2.05) is 13.2 Å². The van der Waals surface area contributed by atoms with Crippen molar-refractivity contribution >= 4 is 11.8 Å². The zero-order chi connectivity index (χ0) is 7.98. The zero-order valence-corrected chi connectivity index (χ0v) is 7.53. The van der Waals surface area contributed by atoms with E-state index in [1.54, 1.807) is 11.8 Å². The highest BCUT2D eigenvalue weighted by molar-refractivity contribution is 7.98. The van der Waals surface area contributed by atoms with Crippen LogP contribution in [0.5, 0.6) is 0 Å². The van der Waals surface area contributed by atoms with E-state index < -0.39 is 0 Å². The van der Waals surface area contributed by atoms with Crippen LogP contribution in [0.1, 0.15) is 19.8 Å². The molecule has 3 heteroatoms. The Kier molecular flexibility index (Phi) is 6.17. The highest BCUT2D eigenvalue weighted by atomic mass is 32.2. The monoisotopic (exact) mass is 163 g/mol. The topological polar surface area (TPSA) is 46.2 Å². The minimum atomic E-state index is -0.308. The first-order chi connectivity index (χ1) is 4.72. The molecule has 0 aliphatic carbocycles. The van der Waals surface area contributed by atoms with Crippen molar-refractivity contribution in [2.75, 3.05) is 12.0 Å². The first-order valence-corrected chi connectivity index (χ1v) is 5.04. The van der Waals surface area contributed by atoms with Crippen LogP contribution >= 0.6 is 11.8 Å². The van der Waals surface area contributed by atoms with Crippen molar-refractivity contribution in [3.8, 4) is 0 Å². The van der Waals surface area contributed by atoms with E-state index >= 15 is 0 Å². The Balaban J connectivity index is 3.31. The van der Waals surface area contributed by atoms with E-state index in [2.05, 4.69) is 0 Å². The third kappa shape index (κ3) is 4.14. The summed E-state index contributed by atoms with van der Waals surface area (Å²) in [7, 11) is 0. The SMILES string of the molecule is CCC(N)C(O)CCSC. The molecule has 2 nitrogen and oxygen atoms in total. The first-order valence-electron chi connectivity index (χ1n) is 3.65. The van der Waals surface area contributed by atoms with Gasteiger partial charge in [-0.3, -0.25) is 0 Å². The van der Waals surface area contributed by atoms with Gasteiger partial charge in [-0.05, 0) is 24.9 Å². The Bertz CT molecular complexity index is 80.0. The molecule has 0 amide bonds. The van der Waals surface area contributed by atoms with Crippen LogP contribution in [-0.4, -0.2) is 29.3 Å². The van der Waals surface area contributed by atoms with Gasteiger partial charge in [0, 0.05) is 6.04 Å². The summed E-state index contributed by atoms with van der Waals surface area (Å²) in [6.07, 6.45) is 3.40. The number of hydrogen-bond acceptors (Lipinski definition) is 3. The summed E-state index contributed by atoms with van der Waals surface area (Å²) < 4.78 is 0. The number of hydrogen-bond donors (Lipinski definition) is 2. The summed E-state index contributed by atoms with van der Waals surface area (Å²) in [6.45, 7) is 1.99. The first kappa shape index (κ1) is 10.3. The Hall–Kier alpha value is 0.270. The maximum absolute atomic E-state index is 9.31. The molecule has 62 valence electrons. The van der Waals surface area contributed by atoms with Gasteiger partial charge in [0.1, 0.15) is 0 Å². The standard InChI is InChI=1S/C7H17NOS/c1-3-6(8)7(9)4-5-10-2/h6-7,9H,3-5,8H2,1-2H3. The Morgan fingerprint density at radius 2 is 2.20 bits per heavy atom. The molecular weight excluding hydrogens is 146 g/mol. The molecule has 3 N–H and O–H groups in total. The molecule has 0 fully saturated rings. The molecule has 0 rings (SSSR count). The Morgan fingerprint density at radius 1 is 1.60 bits per heavy atom. The summed E-state index contributed by atoms with van der Waals surface area (Å²) in [5.74, 6) is 0.995. The van der Waals surface area contributed by atoms with E-state index in [4.69, 9.17) is 5.73 Å². The lowest BCUT2D eigenvalue weighted by Crippen LogP contribution is -2.34. The van der Waals surface area contributed by atoms with E-state index in [9.17, 15) is 5.11 Å². The average Bonchev–Trinajstić information content (AvgIpc) is 1.98. The molecule has 0 aromatic rings. The van der Waals surface area contributed by atoms with Crippen LogP contribution in [0.25, 0.3) is 0 Å². The maximum atomic E-state index is 9.31. The quantitative estimate of drug-likeness (QED) is 0.631. The molecule has 0 saturated carbocycles. The molecule has 0 bridgehead atoms. The molecule has 0 heterocycles. The van der Waals surface area contributed by atoms with Crippen LogP contribution in [-0.2, 0) is 0 Å². The van der Waals surface area contributed by atoms with Gasteiger partial charge in [-0.2, -0.15) is 11.8 Å². The molecule has 0 saturated heterocycles. The van der Waals surface area contributed by atoms with Crippen LogP contribution in [0.3, 0.4) is 0 Å². The van der Waals surface area contributed by atoms with Gasteiger partial charge in [0.2, 0.25) is 0 Å². The van der Waals surface area contributed by atoms with Gasteiger partial charge in [0.15, 0.2) is 0 Å². The van der Waals surface area contributed by atoms with Crippen molar-refractivity contribution in [1.29, 1.82) is 0 Å².